The van der Waals surface area contributed by atoms with Crippen LogP contribution in [0.2, 0.25) is 5.15 Å². The van der Waals surface area contributed by atoms with Crippen LogP contribution >= 0.6 is 27.5 Å². The second-order valence-corrected chi connectivity index (χ2v) is 5.36. The number of halogens is 2. The molecule has 0 atom stereocenters. The third kappa shape index (κ3) is 3.75. The number of amides is 1. The second-order valence-electron chi connectivity index (χ2n) is 4.09. The van der Waals surface area contributed by atoms with Crippen molar-refractivity contribution in [3.05, 3.63) is 51.2 Å². The number of aromatic hydroxyl groups is 1. The van der Waals surface area contributed by atoms with Crippen LogP contribution < -0.4 is 10.2 Å². The molecule has 1 heterocycles. The standard InChI is InChI=1S/C14H11BrClN3O3/c1-22-11-6-9(15)5-8(12(11)20)7-18-19-14(21)10-3-2-4-17-13(10)16/h2-7,20H,1H3,(H,19,21). The number of hydrogen-bond donors (Lipinski definition) is 2. The zero-order valence-electron chi connectivity index (χ0n) is 11.4. The van der Waals surface area contributed by atoms with Crippen LogP contribution in [0.5, 0.6) is 11.5 Å². The molecule has 6 nitrogen and oxygen atoms in total. The fraction of sp³-hybridized carbons (Fsp3) is 0.0714. The Balaban J connectivity index is 2.15. The van der Waals surface area contributed by atoms with Crippen molar-refractivity contribution in [1.29, 1.82) is 0 Å². The van der Waals surface area contributed by atoms with Gasteiger partial charge in [-0.2, -0.15) is 5.10 Å². The number of carbonyl (C=O) groups excluding carboxylic acids is 1. The summed E-state index contributed by atoms with van der Waals surface area (Å²) in [5.74, 6) is -0.295. The van der Waals surface area contributed by atoms with Gasteiger partial charge >= 0.3 is 0 Å². The molecule has 0 aliphatic carbocycles. The van der Waals surface area contributed by atoms with E-state index in [4.69, 9.17) is 16.3 Å². The summed E-state index contributed by atoms with van der Waals surface area (Å²) < 4.78 is 5.72. The van der Waals surface area contributed by atoms with E-state index >= 15 is 0 Å². The van der Waals surface area contributed by atoms with Gasteiger partial charge in [0.15, 0.2) is 11.5 Å². The van der Waals surface area contributed by atoms with Gasteiger partial charge in [0, 0.05) is 16.2 Å². The number of ether oxygens (including phenoxy) is 1. The minimum absolute atomic E-state index is 0.0805. The number of methoxy groups -OCH3 is 1. The van der Waals surface area contributed by atoms with Gasteiger partial charge in [-0.25, -0.2) is 10.4 Å². The average Bonchev–Trinajstić information content (AvgIpc) is 2.50. The van der Waals surface area contributed by atoms with Gasteiger partial charge in [0.1, 0.15) is 5.15 Å². The Morgan fingerprint density at radius 1 is 1.55 bits per heavy atom. The molecule has 0 unspecified atom stereocenters. The minimum atomic E-state index is -0.504. The highest BCUT2D eigenvalue weighted by molar-refractivity contribution is 9.10. The lowest BCUT2D eigenvalue weighted by Crippen LogP contribution is -2.18. The van der Waals surface area contributed by atoms with Crippen molar-refractivity contribution in [3.8, 4) is 11.5 Å². The largest absolute Gasteiger partial charge is 0.504 e. The molecule has 0 radical (unpaired) electrons. The first-order valence-electron chi connectivity index (χ1n) is 6.03. The number of pyridine rings is 1. The highest BCUT2D eigenvalue weighted by Gasteiger charge is 2.10. The fourth-order valence-corrected chi connectivity index (χ4v) is 2.28. The zero-order chi connectivity index (χ0) is 16.1. The molecule has 1 aromatic heterocycles. The highest BCUT2D eigenvalue weighted by Crippen LogP contribution is 2.32. The van der Waals surface area contributed by atoms with Crippen molar-refractivity contribution in [2.24, 2.45) is 5.10 Å². The molecule has 1 aromatic carbocycles. The second kappa shape index (κ2) is 7.24. The normalized spacial score (nSPS) is 10.7. The van der Waals surface area contributed by atoms with E-state index in [1.165, 1.54) is 25.6 Å². The van der Waals surface area contributed by atoms with E-state index in [0.717, 1.165) is 0 Å². The summed E-state index contributed by atoms with van der Waals surface area (Å²) in [6, 6.07) is 6.36. The van der Waals surface area contributed by atoms with Crippen molar-refractivity contribution < 1.29 is 14.6 Å². The van der Waals surface area contributed by atoms with Crippen molar-refractivity contribution in [2.45, 2.75) is 0 Å². The number of rotatable bonds is 4. The molecule has 22 heavy (non-hydrogen) atoms. The van der Waals surface area contributed by atoms with Gasteiger partial charge < -0.3 is 9.84 Å². The number of hydrogen-bond acceptors (Lipinski definition) is 5. The van der Waals surface area contributed by atoms with Gasteiger partial charge in [-0.1, -0.05) is 27.5 Å². The SMILES string of the molecule is COc1cc(Br)cc(C=NNC(=O)c2cccnc2Cl)c1O. The fourth-order valence-electron chi connectivity index (χ4n) is 1.62. The Hall–Kier alpha value is -2.12. The van der Waals surface area contributed by atoms with Gasteiger partial charge in [0.05, 0.1) is 18.9 Å². The summed E-state index contributed by atoms with van der Waals surface area (Å²) in [7, 11) is 1.44. The van der Waals surface area contributed by atoms with E-state index in [9.17, 15) is 9.90 Å². The molecule has 0 aliphatic heterocycles. The summed E-state index contributed by atoms with van der Waals surface area (Å²) in [5.41, 5.74) is 2.90. The highest BCUT2D eigenvalue weighted by atomic mass is 79.9. The number of phenolic OH excluding ortho intramolecular Hbond substituents is 1. The van der Waals surface area contributed by atoms with Crippen LogP contribution in [0, 0.1) is 0 Å². The monoisotopic (exact) mass is 383 g/mol. The molecule has 0 saturated heterocycles. The first-order chi connectivity index (χ1) is 10.5. The molecule has 0 fully saturated rings. The molecule has 2 aromatic rings. The van der Waals surface area contributed by atoms with Crippen LogP contribution in [0.15, 0.2) is 40.0 Å². The van der Waals surface area contributed by atoms with Crippen LogP contribution in [-0.2, 0) is 0 Å². The Morgan fingerprint density at radius 3 is 3.00 bits per heavy atom. The van der Waals surface area contributed by atoms with Gasteiger partial charge in [0.25, 0.3) is 5.91 Å². The maximum absolute atomic E-state index is 11.9. The summed E-state index contributed by atoms with van der Waals surface area (Å²) in [5, 5.41) is 13.8. The quantitative estimate of drug-likeness (QED) is 0.482. The Bertz CT molecular complexity index is 737. The molecule has 0 bridgehead atoms. The average molecular weight is 385 g/mol. The zero-order valence-corrected chi connectivity index (χ0v) is 13.7. The van der Waals surface area contributed by atoms with Crippen molar-refractivity contribution >= 4 is 39.7 Å². The van der Waals surface area contributed by atoms with Crippen LogP contribution in [-0.4, -0.2) is 29.3 Å². The molecular formula is C14H11BrClN3O3. The third-order valence-corrected chi connectivity index (χ3v) is 3.42. The first-order valence-corrected chi connectivity index (χ1v) is 7.20. The lowest BCUT2D eigenvalue weighted by molar-refractivity contribution is 0.0955. The van der Waals surface area contributed by atoms with E-state index in [1.54, 1.807) is 18.2 Å². The predicted octanol–water partition coefficient (Wildman–Crippen LogP) is 2.98. The van der Waals surface area contributed by atoms with Crippen LogP contribution in [0.3, 0.4) is 0 Å². The van der Waals surface area contributed by atoms with Gasteiger partial charge in [0.2, 0.25) is 0 Å². The number of phenols is 1. The minimum Gasteiger partial charge on any atom is -0.504 e. The molecule has 2 rings (SSSR count). The van der Waals surface area contributed by atoms with Crippen LogP contribution in [0.4, 0.5) is 0 Å². The number of benzene rings is 1. The predicted molar refractivity (Wildman–Crippen MR) is 86.7 cm³/mol. The van der Waals surface area contributed by atoms with E-state index in [0.29, 0.717) is 10.0 Å². The molecule has 8 heteroatoms. The van der Waals surface area contributed by atoms with Crippen molar-refractivity contribution in [3.63, 3.8) is 0 Å². The van der Waals surface area contributed by atoms with Crippen LogP contribution in [0.25, 0.3) is 0 Å². The van der Waals surface area contributed by atoms with Crippen molar-refractivity contribution in [2.75, 3.05) is 7.11 Å². The van der Waals surface area contributed by atoms with E-state index in [2.05, 4.69) is 31.4 Å². The number of nitrogens with zero attached hydrogens (tertiary/aromatic N) is 2. The summed E-state index contributed by atoms with van der Waals surface area (Å²) in [6.07, 6.45) is 2.78. The smallest absolute Gasteiger partial charge is 0.274 e. The molecule has 114 valence electrons. The van der Waals surface area contributed by atoms with Crippen LogP contribution in [0.1, 0.15) is 15.9 Å². The number of aromatic nitrogens is 1. The van der Waals surface area contributed by atoms with Gasteiger partial charge in [-0.3, -0.25) is 4.79 Å². The molecule has 0 saturated carbocycles. The summed E-state index contributed by atoms with van der Waals surface area (Å²) >= 11 is 9.10. The maximum Gasteiger partial charge on any atom is 0.274 e. The molecule has 2 N–H and O–H groups in total. The van der Waals surface area contributed by atoms with E-state index in [-0.39, 0.29) is 22.2 Å². The topological polar surface area (TPSA) is 83.8 Å². The van der Waals surface area contributed by atoms with Gasteiger partial charge in [-0.15, -0.1) is 0 Å². The summed E-state index contributed by atoms with van der Waals surface area (Å²) in [4.78, 5) is 15.7. The molecule has 0 aliphatic rings. The van der Waals surface area contributed by atoms with E-state index < -0.39 is 5.91 Å². The molecular weight excluding hydrogens is 374 g/mol. The Labute approximate surface area is 139 Å². The van der Waals surface area contributed by atoms with Gasteiger partial charge in [-0.05, 0) is 24.3 Å². The number of nitrogens with one attached hydrogen (secondary N) is 1. The Morgan fingerprint density at radius 2 is 2.32 bits per heavy atom. The number of carbonyl (C=O) groups is 1. The van der Waals surface area contributed by atoms with Crippen molar-refractivity contribution in [1.82, 2.24) is 10.4 Å². The first kappa shape index (κ1) is 16.3. The maximum atomic E-state index is 11.9. The summed E-state index contributed by atoms with van der Waals surface area (Å²) in [6.45, 7) is 0. The Kier molecular flexibility index (Phi) is 5.35. The lowest BCUT2D eigenvalue weighted by atomic mass is 10.2. The number of hydrazone groups is 1. The third-order valence-electron chi connectivity index (χ3n) is 2.66. The lowest BCUT2D eigenvalue weighted by Gasteiger charge is -2.06. The molecule has 1 amide bonds. The van der Waals surface area contributed by atoms with E-state index in [1.807, 2.05) is 0 Å². The molecule has 0 spiro atoms.